The zero-order valence-electron chi connectivity index (χ0n) is 14.1. The Morgan fingerprint density at radius 3 is 2.76 bits per heavy atom. The predicted octanol–water partition coefficient (Wildman–Crippen LogP) is 5.09. The Labute approximate surface area is 151 Å². The van der Waals surface area contributed by atoms with Gasteiger partial charge in [-0.2, -0.15) is 0 Å². The zero-order chi connectivity index (χ0) is 17.2. The van der Waals surface area contributed by atoms with E-state index in [4.69, 9.17) is 10.7 Å². The molecule has 0 atom stereocenters. The summed E-state index contributed by atoms with van der Waals surface area (Å²) in [6, 6.07) is 16.5. The minimum atomic E-state index is 0.686. The molecule has 0 aliphatic rings. The van der Waals surface area contributed by atoms with Crippen molar-refractivity contribution in [2.75, 3.05) is 5.73 Å². The van der Waals surface area contributed by atoms with Gasteiger partial charge in [-0.05, 0) is 35.2 Å². The van der Waals surface area contributed by atoms with Gasteiger partial charge in [0.05, 0.1) is 10.2 Å². The molecule has 2 aromatic heterocycles. The summed E-state index contributed by atoms with van der Waals surface area (Å²) in [5, 5.41) is 2.19. The number of rotatable bonds is 4. The van der Waals surface area contributed by atoms with Gasteiger partial charge >= 0.3 is 0 Å². The Bertz CT molecular complexity index is 1040. The number of aromatic nitrogens is 2. The number of thiophene rings is 1. The number of aryl methyl sites for hydroxylation is 1. The fraction of sp³-hybridized carbons (Fsp3) is 0.143. The van der Waals surface area contributed by atoms with E-state index in [-0.39, 0.29) is 0 Å². The number of nitrogen functional groups attached to an aromatic ring is 1. The first-order chi connectivity index (χ1) is 12.2. The van der Waals surface area contributed by atoms with Crippen molar-refractivity contribution < 1.29 is 0 Å². The summed E-state index contributed by atoms with van der Waals surface area (Å²) < 4.78 is 1.12. The second-order valence-electron chi connectivity index (χ2n) is 6.08. The van der Waals surface area contributed by atoms with Gasteiger partial charge in [-0.15, -0.1) is 11.3 Å². The van der Waals surface area contributed by atoms with Crippen molar-refractivity contribution in [2.45, 2.75) is 19.8 Å². The molecule has 2 aromatic carbocycles. The summed E-state index contributed by atoms with van der Waals surface area (Å²) in [4.78, 5) is 9.41. The summed E-state index contributed by atoms with van der Waals surface area (Å²) in [6.45, 7) is 2.19. The SMILES string of the molecule is CCc1ccccc1-c1csc2cnc(Cc3cccc(N)c3)nc12. The van der Waals surface area contributed by atoms with Crippen molar-refractivity contribution in [1.29, 1.82) is 0 Å². The van der Waals surface area contributed by atoms with E-state index in [0.29, 0.717) is 6.42 Å². The highest BCUT2D eigenvalue weighted by Gasteiger charge is 2.12. The first-order valence-electron chi connectivity index (χ1n) is 8.40. The van der Waals surface area contributed by atoms with Crippen LogP contribution in [0.2, 0.25) is 0 Å². The number of hydrogen-bond acceptors (Lipinski definition) is 4. The second kappa shape index (κ2) is 6.65. The topological polar surface area (TPSA) is 51.8 Å². The molecule has 2 N–H and O–H groups in total. The highest BCUT2D eigenvalue weighted by atomic mass is 32.1. The molecule has 124 valence electrons. The normalized spacial score (nSPS) is 11.1. The lowest BCUT2D eigenvalue weighted by molar-refractivity contribution is 0.995. The summed E-state index contributed by atoms with van der Waals surface area (Å²) in [7, 11) is 0. The molecule has 0 saturated heterocycles. The molecule has 2 heterocycles. The maximum Gasteiger partial charge on any atom is 0.133 e. The fourth-order valence-electron chi connectivity index (χ4n) is 3.12. The molecule has 0 aliphatic heterocycles. The standard InChI is InChI=1S/C21H19N3S/c1-2-15-7-3-4-9-17(15)18-13-25-19-12-23-20(24-21(18)19)11-14-6-5-8-16(22)10-14/h3-10,12-13H,2,11,22H2,1H3. The lowest BCUT2D eigenvalue weighted by atomic mass is 9.99. The largest absolute Gasteiger partial charge is 0.399 e. The average molecular weight is 345 g/mol. The third-order valence-electron chi connectivity index (χ3n) is 4.37. The number of fused-ring (bicyclic) bond motifs is 1. The van der Waals surface area contributed by atoms with Crippen LogP contribution < -0.4 is 5.73 Å². The van der Waals surface area contributed by atoms with Crippen LogP contribution in [0.5, 0.6) is 0 Å². The maximum absolute atomic E-state index is 5.88. The van der Waals surface area contributed by atoms with Crippen LogP contribution in [0.25, 0.3) is 21.3 Å². The second-order valence-corrected chi connectivity index (χ2v) is 6.99. The van der Waals surface area contributed by atoms with Crippen LogP contribution >= 0.6 is 11.3 Å². The van der Waals surface area contributed by atoms with E-state index < -0.39 is 0 Å². The summed E-state index contributed by atoms with van der Waals surface area (Å²) in [6.07, 6.45) is 3.63. The molecule has 25 heavy (non-hydrogen) atoms. The van der Waals surface area contributed by atoms with Gasteiger partial charge in [0.15, 0.2) is 0 Å². The van der Waals surface area contributed by atoms with Gasteiger partial charge in [0.25, 0.3) is 0 Å². The van der Waals surface area contributed by atoms with Gasteiger partial charge in [-0.3, -0.25) is 0 Å². The van der Waals surface area contributed by atoms with Crippen LogP contribution in [0.1, 0.15) is 23.9 Å². The molecule has 4 heteroatoms. The molecule has 0 bridgehead atoms. The Kier molecular flexibility index (Phi) is 4.20. The monoisotopic (exact) mass is 345 g/mol. The van der Waals surface area contributed by atoms with Crippen LogP contribution in [0.4, 0.5) is 5.69 Å². The molecule has 0 saturated carbocycles. The molecule has 4 rings (SSSR count). The van der Waals surface area contributed by atoms with Gasteiger partial charge < -0.3 is 5.73 Å². The molecule has 0 fully saturated rings. The molecule has 0 aliphatic carbocycles. The third kappa shape index (κ3) is 3.13. The highest BCUT2D eigenvalue weighted by molar-refractivity contribution is 7.17. The zero-order valence-corrected chi connectivity index (χ0v) is 14.9. The third-order valence-corrected chi connectivity index (χ3v) is 5.27. The number of hydrogen-bond donors (Lipinski definition) is 1. The molecule has 0 spiro atoms. The molecular weight excluding hydrogens is 326 g/mol. The van der Waals surface area contributed by atoms with E-state index in [0.717, 1.165) is 33.7 Å². The van der Waals surface area contributed by atoms with Crippen molar-refractivity contribution in [3.05, 3.63) is 77.1 Å². The van der Waals surface area contributed by atoms with Gasteiger partial charge in [0.1, 0.15) is 5.82 Å². The van der Waals surface area contributed by atoms with E-state index >= 15 is 0 Å². The number of benzene rings is 2. The fourth-order valence-corrected chi connectivity index (χ4v) is 3.98. The molecule has 3 nitrogen and oxygen atoms in total. The summed E-state index contributed by atoms with van der Waals surface area (Å²) >= 11 is 1.70. The van der Waals surface area contributed by atoms with E-state index in [1.54, 1.807) is 11.3 Å². The van der Waals surface area contributed by atoms with Gasteiger partial charge in [-0.25, -0.2) is 9.97 Å². The van der Waals surface area contributed by atoms with Crippen molar-refractivity contribution in [1.82, 2.24) is 9.97 Å². The van der Waals surface area contributed by atoms with Gasteiger partial charge in [0.2, 0.25) is 0 Å². The van der Waals surface area contributed by atoms with Crippen LogP contribution in [-0.4, -0.2) is 9.97 Å². The summed E-state index contributed by atoms with van der Waals surface area (Å²) in [5.74, 6) is 0.826. The number of anilines is 1. The van der Waals surface area contributed by atoms with Crippen LogP contribution in [0.3, 0.4) is 0 Å². The van der Waals surface area contributed by atoms with Gasteiger partial charge in [0, 0.05) is 29.2 Å². The minimum absolute atomic E-state index is 0.686. The van der Waals surface area contributed by atoms with E-state index in [1.807, 2.05) is 24.4 Å². The molecular formula is C21H19N3S. The lowest BCUT2D eigenvalue weighted by Gasteiger charge is -2.07. The van der Waals surface area contributed by atoms with Crippen molar-refractivity contribution in [3.8, 4) is 11.1 Å². The van der Waals surface area contributed by atoms with E-state index in [2.05, 4.69) is 47.6 Å². The Hall–Kier alpha value is -2.72. The van der Waals surface area contributed by atoms with Crippen molar-refractivity contribution >= 4 is 27.2 Å². The predicted molar refractivity (Wildman–Crippen MR) is 106 cm³/mol. The van der Waals surface area contributed by atoms with Crippen LogP contribution in [-0.2, 0) is 12.8 Å². The molecule has 0 unspecified atom stereocenters. The van der Waals surface area contributed by atoms with Crippen molar-refractivity contribution in [3.63, 3.8) is 0 Å². The number of nitrogens with two attached hydrogens (primary N) is 1. The number of nitrogens with zero attached hydrogens (tertiary/aromatic N) is 2. The maximum atomic E-state index is 5.88. The summed E-state index contributed by atoms with van der Waals surface area (Å²) in [5.41, 5.74) is 12.6. The average Bonchev–Trinajstić information content (AvgIpc) is 3.05. The Morgan fingerprint density at radius 1 is 1.04 bits per heavy atom. The highest BCUT2D eigenvalue weighted by Crippen LogP contribution is 2.34. The van der Waals surface area contributed by atoms with Crippen LogP contribution in [0, 0.1) is 0 Å². The quantitative estimate of drug-likeness (QED) is 0.524. The smallest absolute Gasteiger partial charge is 0.133 e. The Morgan fingerprint density at radius 2 is 1.92 bits per heavy atom. The first kappa shape index (κ1) is 15.8. The molecule has 4 aromatic rings. The lowest BCUT2D eigenvalue weighted by Crippen LogP contribution is -1.97. The van der Waals surface area contributed by atoms with E-state index in [9.17, 15) is 0 Å². The molecule has 0 radical (unpaired) electrons. The van der Waals surface area contributed by atoms with E-state index in [1.165, 1.54) is 16.7 Å². The van der Waals surface area contributed by atoms with Crippen LogP contribution in [0.15, 0.2) is 60.1 Å². The minimum Gasteiger partial charge on any atom is -0.399 e. The van der Waals surface area contributed by atoms with Gasteiger partial charge in [-0.1, -0.05) is 43.3 Å². The van der Waals surface area contributed by atoms with Crippen molar-refractivity contribution in [2.24, 2.45) is 0 Å². The Balaban J connectivity index is 1.77. The molecule has 0 amide bonds. The first-order valence-corrected chi connectivity index (χ1v) is 9.28.